The number of benzene rings is 5. The highest BCUT2D eigenvalue weighted by molar-refractivity contribution is 6.25. The lowest BCUT2D eigenvalue weighted by molar-refractivity contribution is 0.786. The average Bonchev–Trinajstić information content (AvgIpc) is 3.13. The van der Waals surface area contributed by atoms with Gasteiger partial charge in [-0.25, -0.2) is 0 Å². The summed E-state index contributed by atoms with van der Waals surface area (Å²) in [7, 11) is 0. The van der Waals surface area contributed by atoms with Gasteiger partial charge in [0.25, 0.3) is 0 Å². The fourth-order valence-corrected chi connectivity index (χ4v) is 6.44. The topological polar surface area (TPSA) is 17.3 Å². The van der Waals surface area contributed by atoms with Crippen molar-refractivity contribution in [3.8, 4) is 0 Å². The van der Waals surface area contributed by atoms with Crippen LogP contribution in [-0.2, 0) is 13.0 Å². The second kappa shape index (κ2) is 9.81. The first-order valence-electron chi connectivity index (χ1n) is 14.2. The van der Waals surface area contributed by atoms with Crippen LogP contribution in [0.3, 0.4) is 0 Å². The normalized spacial score (nSPS) is 14.0. The van der Waals surface area contributed by atoms with E-state index in [1.165, 1.54) is 65.6 Å². The minimum absolute atomic E-state index is 0.935. The Morgan fingerprint density at radius 2 is 1.45 bits per heavy atom. The van der Waals surface area contributed by atoms with E-state index in [2.05, 4.69) is 135 Å². The smallest absolute Gasteiger partial charge is 0.0494 e. The molecule has 0 fully saturated rings. The second-order valence-electron chi connectivity index (χ2n) is 10.7. The van der Waals surface area contributed by atoms with Gasteiger partial charge in [-0.05, 0) is 94.4 Å². The van der Waals surface area contributed by atoms with Gasteiger partial charge in [0.1, 0.15) is 0 Å². The standard InChI is InChI=1S/C38H32N2/c1-4-40-36-19-7-5-6-17-34(36)38-28(18-12-20-37(38)40)26(3)39-24-25(2)27-21-22-33-31-15-9-8-13-29(31)30-14-10-11-16-32(30)35(33)23-27/h5-16,18-24H,4,17H2,1-3H3/b25-24+,39-26?. The van der Waals surface area contributed by atoms with Gasteiger partial charge in [0.2, 0.25) is 0 Å². The van der Waals surface area contributed by atoms with Crippen molar-refractivity contribution in [2.75, 3.05) is 0 Å². The highest BCUT2D eigenvalue weighted by Gasteiger charge is 2.18. The first-order valence-corrected chi connectivity index (χ1v) is 14.2. The molecule has 5 aromatic carbocycles. The maximum atomic E-state index is 5.03. The summed E-state index contributed by atoms with van der Waals surface area (Å²) in [5.41, 5.74) is 8.59. The third-order valence-electron chi connectivity index (χ3n) is 8.42. The first kappa shape index (κ1) is 24.4. The minimum atomic E-state index is 0.935. The molecule has 0 radical (unpaired) electrons. The maximum absolute atomic E-state index is 5.03. The van der Waals surface area contributed by atoms with Crippen molar-refractivity contribution in [2.24, 2.45) is 4.99 Å². The fourth-order valence-electron chi connectivity index (χ4n) is 6.44. The van der Waals surface area contributed by atoms with Crippen molar-refractivity contribution in [1.29, 1.82) is 0 Å². The molecule has 1 aliphatic rings. The van der Waals surface area contributed by atoms with E-state index < -0.39 is 0 Å². The summed E-state index contributed by atoms with van der Waals surface area (Å²) in [6.45, 7) is 7.47. The van der Waals surface area contributed by atoms with E-state index in [1.807, 2.05) is 6.20 Å². The van der Waals surface area contributed by atoms with Crippen molar-refractivity contribution in [1.82, 2.24) is 4.57 Å². The van der Waals surface area contributed by atoms with Crippen molar-refractivity contribution in [3.63, 3.8) is 0 Å². The monoisotopic (exact) mass is 516 g/mol. The largest absolute Gasteiger partial charge is 0.341 e. The maximum Gasteiger partial charge on any atom is 0.0494 e. The van der Waals surface area contributed by atoms with Crippen LogP contribution in [0.2, 0.25) is 0 Å². The number of aryl methyl sites for hydroxylation is 1. The summed E-state index contributed by atoms with van der Waals surface area (Å²) >= 11 is 0. The van der Waals surface area contributed by atoms with E-state index in [-0.39, 0.29) is 0 Å². The van der Waals surface area contributed by atoms with Crippen LogP contribution < -0.4 is 0 Å². The highest BCUT2D eigenvalue weighted by Crippen LogP contribution is 2.36. The van der Waals surface area contributed by atoms with Gasteiger partial charge in [0.15, 0.2) is 0 Å². The first-order chi connectivity index (χ1) is 19.7. The predicted molar refractivity (Wildman–Crippen MR) is 174 cm³/mol. The molecule has 1 aromatic heterocycles. The molecule has 0 N–H and O–H groups in total. The van der Waals surface area contributed by atoms with Crippen molar-refractivity contribution in [3.05, 3.63) is 132 Å². The van der Waals surface area contributed by atoms with E-state index in [1.54, 1.807) is 0 Å². The molecule has 0 bridgehead atoms. The molecule has 0 atom stereocenters. The third-order valence-corrected chi connectivity index (χ3v) is 8.42. The number of nitrogens with zero attached hydrogens (tertiary/aromatic N) is 2. The molecule has 6 aromatic rings. The Morgan fingerprint density at radius 3 is 2.15 bits per heavy atom. The molecule has 194 valence electrons. The Bertz CT molecular complexity index is 2040. The molecule has 0 unspecified atom stereocenters. The van der Waals surface area contributed by atoms with E-state index in [0.717, 1.165) is 24.3 Å². The zero-order chi connectivity index (χ0) is 27.2. The van der Waals surface area contributed by atoms with Crippen LogP contribution in [0.5, 0.6) is 0 Å². The molecule has 40 heavy (non-hydrogen) atoms. The number of fused-ring (bicyclic) bond motifs is 9. The van der Waals surface area contributed by atoms with E-state index in [9.17, 15) is 0 Å². The van der Waals surface area contributed by atoms with Crippen LogP contribution in [0.1, 0.15) is 43.2 Å². The molecule has 0 saturated carbocycles. The van der Waals surface area contributed by atoms with Gasteiger partial charge < -0.3 is 4.57 Å². The number of aliphatic imine (C=N–C) groups is 1. The van der Waals surface area contributed by atoms with Crippen LogP contribution in [0, 0.1) is 0 Å². The molecule has 0 amide bonds. The van der Waals surface area contributed by atoms with Gasteiger partial charge in [-0.1, -0.05) is 91.0 Å². The summed E-state index contributed by atoms with van der Waals surface area (Å²) in [5, 5.41) is 9.11. The summed E-state index contributed by atoms with van der Waals surface area (Å²) in [6.07, 6.45) is 11.8. The molecule has 0 spiro atoms. The summed E-state index contributed by atoms with van der Waals surface area (Å²) in [5.74, 6) is 0. The molecule has 0 saturated heterocycles. The Kier molecular flexibility index (Phi) is 5.97. The Morgan fingerprint density at radius 1 is 0.775 bits per heavy atom. The molecule has 7 rings (SSSR count). The molecule has 2 nitrogen and oxygen atoms in total. The lowest BCUT2D eigenvalue weighted by Crippen LogP contribution is -1.98. The van der Waals surface area contributed by atoms with Crippen LogP contribution in [0.25, 0.3) is 54.9 Å². The van der Waals surface area contributed by atoms with E-state index in [4.69, 9.17) is 4.99 Å². The lowest BCUT2D eigenvalue weighted by Gasteiger charge is -2.12. The highest BCUT2D eigenvalue weighted by atomic mass is 15.0. The zero-order valence-electron chi connectivity index (χ0n) is 23.3. The second-order valence-corrected chi connectivity index (χ2v) is 10.7. The van der Waals surface area contributed by atoms with Crippen LogP contribution in [0.4, 0.5) is 0 Å². The zero-order valence-corrected chi connectivity index (χ0v) is 23.3. The number of hydrogen-bond donors (Lipinski definition) is 0. The van der Waals surface area contributed by atoms with Gasteiger partial charge >= 0.3 is 0 Å². The molecular weight excluding hydrogens is 484 g/mol. The summed E-state index contributed by atoms with van der Waals surface area (Å²) in [6, 6.07) is 30.9. The van der Waals surface area contributed by atoms with Gasteiger partial charge in [-0.3, -0.25) is 4.99 Å². The SMILES string of the molecule is CCn1c2c(c3c(C(C)=N/C=C(\C)c4ccc5c6ccccc6c6ccccc6c5c4)cccc31)CC=CC=C2. The molecule has 0 aliphatic heterocycles. The fraction of sp³-hybridized carbons (Fsp3) is 0.132. The van der Waals surface area contributed by atoms with Gasteiger partial charge in [0, 0.05) is 40.6 Å². The van der Waals surface area contributed by atoms with Crippen molar-refractivity contribution < 1.29 is 0 Å². The van der Waals surface area contributed by atoms with Gasteiger partial charge in [-0.15, -0.1) is 0 Å². The predicted octanol–water partition coefficient (Wildman–Crippen LogP) is 10.1. The Labute approximate surface area is 235 Å². The van der Waals surface area contributed by atoms with E-state index >= 15 is 0 Å². The van der Waals surface area contributed by atoms with Gasteiger partial charge in [-0.2, -0.15) is 0 Å². The van der Waals surface area contributed by atoms with Crippen molar-refractivity contribution >= 4 is 60.6 Å². The number of hydrogen-bond acceptors (Lipinski definition) is 1. The van der Waals surface area contributed by atoms with Crippen LogP contribution in [-0.4, -0.2) is 10.3 Å². The summed E-state index contributed by atoms with van der Waals surface area (Å²) in [4.78, 5) is 5.03. The summed E-state index contributed by atoms with van der Waals surface area (Å²) < 4.78 is 2.43. The third kappa shape index (κ3) is 3.83. The lowest BCUT2D eigenvalue weighted by atomic mass is 9.92. The number of rotatable bonds is 4. The van der Waals surface area contributed by atoms with E-state index in [0.29, 0.717) is 0 Å². The Hall–Kier alpha value is -4.69. The van der Waals surface area contributed by atoms with Crippen LogP contribution >= 0.6 is 0 Å². The average molecular weight is 517 g/mol. The molecule has 1 heterocycles. The van der Waals surface area contributed by atoms with Crippen LogP contribution in [0.15, 0.2) is 114 Å². The molecule has 2 heteroatoms. The number of allylic oxidation sites excluding steroid dienone is 4. The molecule has 1 aliphatic carbocycles. The number of aromatic nitrogens is 1. The minimum Gasteiger partial charge on any atom is -0.341 e. The Balaban J connectivity index is 1.34. The molecular formula is C38H32N2. The quantitative estimate of drug-likeness (QED) is 0.164. The van der Waals surface area contributed by atoms with Crippen molar-refractivity contribution in [2.45, 2.75) is 33.7 Å². The van der Waals surface area contributed by atoms with Gasteiger partial charge in [0.05, 0.1) is 0 Å².